The van der Waals surface area contributed by atoms with E-state index in [1.165, 1.54) is 11.8 Å². The van der Waals surface area contributed by atoms with E-state index in [4.69, 9.17) is 0 Å². The van der Waals surface area contributed by atoms with Crippen LogP contribution in [0, 0.1) is 5.92 Å². The Morgan fingerprint density at radius 1 is 1.14 bits per heavy atom. The minimum Gasteiger partial charge on any atom is -0.366 e. The zero-order chi connectivity index (χ0) is 25.2. The summed E-state index contributed by atoms with van der Waals surface area (Å²) < 4.78 is 1.71. The number of anilines is 3. The van der Waals surface area contributed by atoms with Crippen LogP contribution in [0.15, 0.2) is 60.0 Å². The number of amides is 1. The number of aromatic nitrogens is 3. The summed E-state index contributed by atoms with van der Waals surface area (Å²) in [6.07, 6.45) is 3.89. The molecule has 36 heavy (non-hydrogen) atoms. The molecule has 0 spiro atoms. The third kappa shape index (κ3) is 4.97. The number of likely N-dealkylation sites (N-methyl/N-ethyl adjacent to an activating group) is 1. The van der Waals surface area contributed by atoms with Gasteiger partial charge in [-0.1, -0.05) is 6.58 Å². The number of piperazine rings is 1. The number of hydrogen-bond acceptors (Lipinski definition) is 7. The van der Waals surface area contributed by atoms with Gasteiger partial charge in [0.15, 0.2) is 0 Å². The standard InChI is InChI=1S/C27H33N7O2/c1-4-24(35)32-17-20(18-32)11-12-34-25(36)10-5-21-15-28-27(30-26(21)34)29-22-6-8-23(9-7-22)33-14-13-31(3)16-19(33)2/h4-10,15,19-20H,1,11-14,16-18H2,2-3H3,(H,28,29,30)/t19-/m0/s1. The molecule has 4 heterocycles. The monoisotopic (exact) mass is 487 g/mol. The molecule has 2 aromatic heterocycles. The molecule has 1 aromatic carbocycles. The van der Waals surface area contributed by atoms with E-state index in [-0.39, 0.29) is 11.5 Å². The first-order chi connectivity index (χ1) is 17.4. The molecule has 3 aromatic rings. The van der Waals surface area contributed by atoms with E-state index in [0.717, 1.165) is 37.1 Å². The quantitative estimate of drug-likeness (QED) is 0.513. The molecule has 0 bridgehead atoms. The molecule has 9 heteroatoms. The Hall–Kier alpha value is -3.72. The van der Waals surface area contributed by atoms with Crippen LogP contribution in [0.3, 0.4) is 0 Å². The third-order valence-corrected chi connectivity index (χ3v) is 7.21. The van der Waals surface area contributed by atoms with Crippen LogP contribution in [0.5, 0.6) is 0 Å². The van der Waals surface area contributed by atoms with Gasteiger partial charge in [-0.25, -0.2) is 4.98 Å². The fourth-order valence-electron chi connectivity index (χ4n) is 5.11. The number of pyridine rings is 1. The van der Waals surface area contributed by atoms with Gasteiger partial charge in [0.1, 0.15) is 5.65 Å². The minimum absolute atomic E-state index is 0.0388. The molecule has 0 aliphatic carbocycles. The molecule has 9 nitrogen and oxygen atoms in total. The summed E-state index contributed by atoms with van der Waals surface area (Å²) in [5, 5.41) is 4.10. The van der Waals surface area contributed by atoms with Crippen molar-refractivity contribution in [2.24, 2.45) is 5.92 Å². The van der Waals surface area contributed by atoms with Crippen LogP contribution >= 0.6 is 0 Å². The number of carbonyl (C=O) groups is 1. The molecule has 1 atom stereocenters. The van der Waals surface area contributed by atoms with Crippen LogP contribution in [0.1, 0.15) is 13.3 Å². The molecule has 0 radical (unpaired) electrons. The number of carbonyl (C=O) groups excluding carboxylic acids is 1. The second-order valence-corrected chi connectivity index (χ2v) is 9.87. The van der Waals surface area contributed by atoms with E-state index >= 15 is 0 Å². The summed E-state index contributed by atoms with van der Waals surface area (Å²) in [6.45, 7) is 10.9. The zero-order valence-corrected chi connectivity index (χ0v) is 20.9. The van der Waals surface area contributed by atoms with Crippen molar-refractivity contribution in [3.05, 3.63) is 65.6 Å². The van der Waals surface area contributed by atoms with Crippen LogP contribution in [0.2, 0.25) is 0 Å². The predicted octanol–water partition coefficient (Wildman–Crippen LogP) is 2.71. The van der Waals surface area contributed by atoms with Gasteiger partial charge in [0.05, 0.1) is 0 Å². The highest BCUT2D eigenvalue weighted by Crippen LogP contribution is 2.24. The largest absolute Gasteiger partial charge is 0.366 e. The number of rotatable bonds is 7. The van der Waals surface area contributed by atoms with Crippen molar-refractivity contribution in [1.82, 2.24) is 24.3 Å². The molecule has 0 saturated carbocycles. The first-order valence-electron chi connectivity index (χ1n) is 12.5. The van der Waals surface area contributed by atoms with Crippen LogP contribution in [-0.2, 0) is 11.3 Å². The Bertz CT molecular complexity index is 1310. The fourth-order valence-corrected chi connectivity index (χ4v) is 5.11. The number of aryl methyl sites for hydroxylation is 1. The zero-order valence-electron chi connectivity index (χ0n) is 20.9. The maximum atomic E-state index is 12.7. The fraction of sp³-hybridized carbons (Fsp3) is 0.407. The van der Waals surface area contributed by atoms with E-state index in [1.807, 2.05) is 12.1 Å². The van der Waals surface area contributed by atoms with E-state index in [2.05, 4.69) is 57.8 Å². The number of nitrogens with zero attached hydrogens (tertiary/aromatic N) is 6. The highest BCUT2D eigenvalue weighted by atomic mass is 16.2. The first kappa shape index (κ1) is 24.0. The van der Waals surface area contributed by atoms with E-state index in [9.17, 15) is 9.59 Å². The van der Waals surface area contributed by atoms with Crippen molar-refractivity contribution in [3.63, 3.8) is 0 Å². The van der Waals surface area contributed by atoms with Gasteiger partial charge in [0, 0.05) is 74.3 Å². The highest BCUT2D eigenvalue weighted by molar-refractivity contribution is 5.87. The van der Waals surface area contributed by atoms with Crippen molar-refractivity contribution in [2.45, 2.75) is 25.9 Å². The second-order valence-electron chi connectivity index (χ2n) is 9.87. The summed E-state index contributed by atoms with van der Waals surface area (Å²) >= 11 is 0. The number of likely N-dealkylation sites (tertiary alicyclic amines) is 1. The van der Waals surface area contributed by atoms with Gasteiger partial charge < -0.3 is 20.0 Å². The lowest BCUT2D eigenvalue weighted by Gasteiger charge is -2.39. The molecule has 188 valence electrons. The van der Waals surface area contributed by atoms with Crippen LogP contribution < -0.4 is 15.8 Å². The van der Waals surface area contributed by atoms with E-state index in [0.29, 0.717) is 43.2 Å². The van der Waals surface area contributed by atoms with Gasteiger partial charge in [-0.2, -0.15) is 4.98 Å². The van der Waals surface area contributed by atoms with Gasteiger partial charge in [0.25, 0.3) is 5.56 Å². The van der Waals surface area contributed by atoms with Gasteiger partial charge >= 0.3 is 0 Å². The Morgan fingerprint density at radius 2 is 1.92 bits per heavy atom. The van der Waals surface area contributed by atoms with E-state index in [1.54, 1.807) is 27.8 Å². The predicted molar refractivity (Wildman–Crippen MR) is 143 cm³/mol. The molecule has 2 aliphatic rings. The van der Waals surface area contributed by atoms with Crippen molar-refractivity contribution >= 4 is 34.3 Å². The molecule has 5 rings (SSSR count). The normalized spacial score (nSPS) is 18.8. The molecule has 2 fully saturated rings. The summed E-state index contributed by atoms with van der Waals surface area (Å²) in [7, 11) is 2.16. The van der Waals surface area contributed by atoms with Crippen molar-refractivity contribution in [1.29, 1.82) is 0 Å². The molecule has 1 amide bonds. The van der Waals surface area contributed by atoms with Crippen molar-refractivity contribution in [2.75, 3.05) is 50.0 Å². The van der Waals surface area contributed by atoms with Gasteiger partial charge in [-0.05, 0) is 62.7 Å². The van der Waals surface area contributed by atoms with E-state index < -0.39 is 0 Å². The summed E-state index contributed by atoms with van der Waals surface area (Å²) in [4.78, 5) is 40.1. The summed E-state index contributed by atoms with van der Waals surface area (Å²) in [6, 6.07) is 12.1. The second kappa shape index (κ2) is 10.1. The lowest BCUT2D eigenvalue weighted by atomic mass is 9.96. The summed E-state index contributed by atoms with van der Waals surface area (Å²) in [5.74, 6) is 0.786. The Labute approximate surface area is 211 Å². The average Bonchev–Trinajstić information content (AvgIpc) is 2.84. The Kier molecular flexibility index (Phi) is 6.73. The maximum Gasteiger partial charge on any atom is 0.252 e. The highest BCUT2D eigenvalue weighted by Gasteiger charge is 2.29. The van der Waals surface area contributed by atoms with Crippen molar-refractivity contribution in [3.8, 4) is 0 Å². The van der Waals surface area contributed by atoms with Crippen LogP contribution in [0.4, 0.5) is 17.3 Å². The lowest BCUT2D eigenvalue weighted by Crippen LogP contribution is -2.50. The molecule has 2 aliphatic heterocycles. The maximum absolute atomic E-state index is 12.7. The summed E-state index contributed by atoms with van der Waals surface area (Å²) in [5.41, 5.74) is 2.63. The Morgan fingerprint density at radius 3 is 2.64 bits per heavy atom. The third-order valence-electron chi connectivity index (χ3n) is 7.21. The Balaban J connectivity index is 1.28. The molecular formula is C27H33N7O2. The molecule has 0 unspecified atom stereocenters. The average molecular weight is 488 g/mol. The lowest BCUT2D eigenvalue weighted by molar-refractivity contribution is -0.132. The number of fused-ring (bicyclic) bond motifs is 1. The van der Waals surface area contributed by atoms with Crippen LogP contribution in [-0.4, -0.2) is 76.1 Å². The SMILES string of the molecule is C=CC(=O)N1CC(CCn2c(=O)ccc3cnc(Nc4ccc(N5CCN(C)C[C@@H]5C)cc4)nc32)C1. The topological polar surface area (TPSA) is 86.6 Å². The van der Waals surface area contributed by atoms with Gasteiger partial charge in [0.2, 0.25) is 11.9 Å². The number of benzene rings is 1. The smallest absolute Gasteiger partial charge is 0.252 e. The van der Waals surface area contributed by atoms with Gasteiger partial charge in [-0.3, -0.25) is 14.2 Å². The molecule has 1 N–H and O–H groups in total. The number of nitrogens with one attached hydrogen (secondary N) is 1. The van der Waals surface area contributed by atoms with Crippen LogP contribution in [0.25, 0.3) is 11.0 Å². The molecule has 2 saturated heterocycles. The number of hydrogen-bond donors (Lipinski definition) is 1. The first-order valence-corrected chi connectivity index (χ1v) is 12.5. The van der Waals surface area contributed by atoms with Gasteiger partial charge in [-0.15, -0.1) is 0 Å². The molecular weight excluding hydrogens is 454 g/mol. The minimum atomic E-state index is -0.0869. The van der Waals surface area contributed by atoms with Crippen molar-refractivity contribution < 1.29 is 4.79 Å².